The molecule has 1 heterocycles. The molecule has 0 saturated heterocycles. The van der Waals surface area contributed by atoms with Gasteiger partial charge < -0.3 is 4.74 Å². The lowest BCUT2D eigenvalue weighted by atomic mass is 9.64. The summed E-state index contributed by atoms with van der Waals surface area (Å²) < 4.78 is 45.9. The summed E-state index contributed by atoms with van der Waals surface area (Å²) in [6, 6.07) is 2.92. The van der Waals surface area contributed by atoms with Crippen LogP contribution in [0.4, 0.5) is 13.2 Å². The number of carbonyl (C=O) groups is 1. The average molecular weight is 350 g/mol. The first kappa shape index (κ1) is 15.6. The second kappa shape index (κ2) is 5.09. The second-order valence-corrected chi connectivity index (χ2v) is 6.86. The standard InChI is InChI=1S/C14H11ClF3NO2S/c1-21-7-5-8(10-9(6-7)22-12(15)19-10)11(20)13(3-2-4-13)14(16,17)18/h5-6H,2-4H2,1H3. The van der Waals surface area contributed by atoms with E-state index in [2.05, 4.69) is 4.98 Å². The number of halogens is 4. The summed E-state index contributed by atoms with van der Waals surface area (Å²) >= 11 is 6.94. The maximum Gasteiger partial charge on any atom is 0.401 e. The summed E-state index contributed by atoms with van der Waals surface area (Å²) in [4.78, 5) is 16.6. The van der Waals surface area contributed by atoms with Crippen LogP contribution in [0.1, 0.15) is 29.6 Å². The molecule has 0 atom stereocenters. The summed E-state index contributed by atoms with van der Waals surface area (Å²) in [5.41, 5.74) is -2.17. The van der Waals surface area contributed by atoms with Gasteiger partial charge in [-0.05, 0) is 25.0 Å². The Morgan fingerprint density at radius 2 is 2.09 bits per heavy atom. The predicted molar refractivity (Wildman–Crippen MR) is 77.9 cm³/mol. The second-order valence-electron chi connectivity index (χ2n) is 5.25. The van der Waals surface area contributed by atoms with E-state index in [1.807, 2.05) is 0 Å². The number of thiazole rings is 1. The zero-order valence-electron chi connectivity index (χ0n) is 11.5. The van der Waals surface area contributed by atoms with Gasteiger partial charge in [0, 0.05) is 5.56 Å². The fourth-order valence-electron chi connectivity index (χ4n) is 2.70. The van der Waals surface area contributed by atoms with Crippen LogP contribution in [0.3, 0.4) is 0 Å². The van der Waals surface area contributed by atoms with Gasteiger partial charge >= 0.3 is 6.18 Å². The molecule has 0 unspecified atom stereocenters. The third kappa shape index (κ3) is 2.18. The molecule has 0 bridgehead atoms. The highest BCUT2D eigenvalue weighted by Gasteiger charge is 2.63. The molecule has 0 spiro atoms. The predicted octanol–water partition coefficient (Wildman–Crippen LogP) is 4.87. The molecule has 3 rings (SSSR count). The van der Waals surface area contributed by atoms with Crippen molar-refractivity contribution < 1.29 is 22.7 Å². The number of fused-ring (bicyclic) bond motifs is 1. The number of hydrogen-bond acceptors (Lipinski definition) is 4. The van der Waals surface area contributed by atoms with Crippen LogP contribution in [0.25, 0.3) is 10.2 Å². The molecule has 1 fully saturated rings. The maximum absolute atomic E-state index is 13.4. The number of Topliss-reactive ketones (excluding diaryl/α,β-unsaturated/α-hetero) is 1. The number of rotatable bonds is 3. The minimum absolute atomic E-state index is 0.0745. The van der Waals surface area contributed by atoms with Crippen molar-refractivity contribution in [1.82, 2.24) is 4.98 Å². The fourth-order valence-corrected chi connectivity index (χ4v) is 3.78. The van der Waals surface area contributed by atoms with E-state index in [4.69, 9.17) is 16.3 Å². The van der Waals surface area contributed by atoms with E-state index >= 15 is 0 Å². The third-order valence-electron chi connectivity index (χ3n) is 4.11. The molecule has 1 aliphatic carbocycles. The van der Waals surface area contributed by atoms with Gasteiger partial charge in [0.25, 0.3) is 0 Å². The molecule has 2 aromatic rings. The molecule has 1 aliphatic rings. The number of benzene rings is 1. The van der Waals surface area contributed by atoms with Crippen molar-refractivity contribution in [2.45, 2.75) is 25.4 Å². The van der Waals surface area contributed by atoms with Gasteiger partial charge in [0.05, 0.1) is 17.3 Å². The van der Waals surface area contributed by atoms with E-state index in [0.717, 1.165) is 11.3 Å². The Kier molecular flexibility index (Phi) is 3.60. The van der Waals surface area contributed by atoms with Crippen LogP contribution in [0.2, 0.25) is 4.47 Å². The molecule has 0 aliphatic heterocycles. The first-order valence-corrected chi connectivity index (χ1v) is 7.73. The number of methoxy groups -OCH3 is 1. The smallest absolute Gasteiger partial charge is 0.401 e. The molecular formula is C14H11ClF3NO2S. The highest BCUT2D eigenvalue weighted by Crippen LogP contribution is 2.55. The van der Waals surface area contributed by atoms with E-state index in [-0.39, 0.29) is 28.4 Å². The molecule has 1 aromatic heterocycles. The van der Waals surface area contributed by atoms with Crippen molar-refractivity contribution in [3.8, 4) is 5.75 Å². The Bertz CT molecular complexity index is 752. The van der Waals surface area contributed by atoms with Crippen LogP contribution in [0.15, 0.2) is 12.1 Å². The molecule has 0 amide bonds. The van der Waals surface area contributed by atoms with Gasteiger partial charge in [-0.25, -0.2) is 4.98 Å². The van der Waals surface area contributed by atoms with Gasteiger partial charge in [-0.3, -0.25) is 4.79 Å². The highest BCUT2D eigenvalue weighted by atomic mass is 35.5. The summed E-state index contributed by atoms with van der Waals surface area (Å²) in [5.74, 6) is -0.634. The first-order valence-electron chi connectivity index (χ1n) is 6.54. The van der Waals surface area contributed by atoms with Crippen LogP contribution >= 0.6 is 22.9 Å². The molecule has 8 heteroatoms. The van der Waals surface area contributed by atoms with E-state index in [1.54, 1.807) is 6.07 Å². The van der Waals surface area contributed by atoms with Crippen LogP contribution in [-0.4, -0.2) is 24.1 Å². The molecule has 118 valence electrons. The zero-order chi connectivity index (χ0) is 16.1. The minimum atomic E-state index is -4.57. The molecule has 1 aromatic carbocycles. The topological polar surface area (TPSA) is 39.2 Å². The quantitative estimate of drug-likeness (QED) is 0.742. The number of carbonyl (C=O) groups excluding carboxylic acids is 1. The third-order valence-corrected chi connectivity index (χ3v) is 5.21. The number of aromatic nitrogens is 1. The number of ether oxygens (including phenoxy) is 1. The van der Waals surface area contributed by atoms with Crippen molar-refractivity contribution in [2.24, 2.45) is 5.41 Å². The van der Waals surface area contributed by atoms with Crippen LogP contribution in [-0.2, 0) is 0 Å². The fraction of sp³-hybridized carbons (Fsp3) is 0.429. The Labute approximate surface area is 133 Å². The average Bonchev–Trinajstić information content (AvgIpc) is 2.73. The van der Waals surface area contributed by atoms with E-state index in [1.165, 1.54) is 13.2 Å². The lowest BCUT2D eigenvalue weighted by Crippen LogP contribution is -2.50. The molecule has 0 radical (unpaired) electrons. The number of ketones is 1. The summed E-state index contributed by atoms with van der Waals surface area (Å²) in [5, 5.41) is 0. The summed E-state index contributed by atoms with van der Waals surface area (Å²) in [6.45, 7) is 0. The van der Waals surface area contributed by atoms with E-state index < -0.39 is 17.4 Å². The van der Waals surface area contributed by atoms with Gasteiger partial charge in [0.1, 0.15) is 11.2 Å². The summed E-state index contributed by atoms with van der Waals surface area (Å²) in [6.07, 6.45) is -4.56. The normalized spacial score (nSPS) is 17.3. The zero-order valence-corrected chi connectivity index (χ0v) is 13.0. The summed E-state index contributed by atoms with van der Waals surface area (Å²) in [7, 11) is 1.39. The number of hydrogen-bond donors (Lipinski definition) is 0. The number of alkyl halides is 3. The van der Waals surface area contributed by atoms with Gasteiger partial charge in [-0.1, -0.05) is 18.0 Å². The van der Waals surface area contributed by atoms with E-state index in [9.17, 15) is 18.0 Å². The largest absolute Gasteiger partial charge is 0.497 e. The van der Waals surface area contributed by atoms with Crippen molar-refractivity contribution in [3.63, 3.8) is 0 Å². The van der Waals surface area contributed by atoms with Crippen LogP contribution in [0, 0.1) is 5.41 Å². The molecule has 1 saturated carbocycles. The van der Waals surface area contributed by atoms with Crippen molar-refractivity contribution in [2.75, 3.05) is 7.11 Å². The van der Waals surface area contributed by atoms with Crippen molar-refractivity contribution >= 4 is 38.9 Å². The van der Waals surface area contributed by atoms with Crippen LogP contribution in [0.5, 0.6) is 5.75 Å². The molecule has 0 N–H and O–H groups in total. The van der Waals surface area contributed by atoms with Crippen molar-refractivity contribution in [1.29, 1.82) is 0 Å². The first-order chi connectivity index (χ1) is 10.3. The lowest BCUT2D eigenvalue weighted by Gasteiger charge is -2.41. The van der Waals surface area contributed by atoms with Crippen molar-refractivity contribution in [3.05, 3.63) is 22.2 Å². The van der Waals surface area contributed by atoms with Gasteiger partial charge in [-0.2, -0.15) is 13.2 Å². The van der Waals surface area contributed by atoms with Gasteiger partial charge in [0.15, 0.2) is 10.3 Å². The molecule has 22 heavy (non-hydrogen) atoms. The molecular weight excluding hydrogens is 339 g/mol. The Hall–Kier alpha value is -1.34. The minimum Gasteiger partial charge on any atom is -0.497 e. The van der Waals surface area contributed by atoms with E-state index in [0.29, 0.717) is 16.9 Å². The van der Waals surface area contributed by atoms with Gasteiger partial charge in [0.2, 0.25) is 0 Å². The number of nitrogens with zero attached hydrogens (tertiary/aromatic N) is 1. The monoisotopic (exact) mass is 349 g/mol. The Morgan fingerprint density at radius 3 is 2.59 bits per heavy atom. The Balaban J connectivity index is 2.18. The Morgan fingerprint density at radius 1 is 1.41 bits per heavy atom. The maximum atomic E-state index is 13.4. The lowest BCUT2D eigenvalue weighted by molar-refractivity contribution is -0.226. The van der Waals surface area contributed by atoms with Crippen LogP contribution < -0.4 is 4.74 Å². The SMILES string of the molecule is COc1cc(C(=O)C2(C(F)(F)F)CCC2)c2nc(Cl)sc2c1. The highest BCUT2D eigenvalue weighted by molar-refractivity contribution is 7.22. The van der Waals surface area contributed by atoms with Gasteiger partial charge in [-0.15, -0.1) is 11.3 Å². The molecule has 3 nitrogen and oxygen atoms in total.